The minimum Gasteiger partial charge on any atom is -0.493 e. The molecule has 4 nitrogen and oxygen atoms in total. The number of benzene rings is 2. The van der Waals surface area contributed by atoms with E-state index in [1.165, 1.54) is 0 Å². The van der Waals surface area contributed by atoms with Gasteiger partial charge in [0.1, 0.15) is 5.78 Å². The molecular weight excluding hydrogens is 350 g/mol. The highest BCUT2D eigenvalue weighted by Gasteiger charge is 2.47. The molecule has 2 bridgehead atoms. The van der Waals surface area contributed by atoms with Crippen molar-refractivity contribution >= 4 is 23.1 Å². The molecule has 0 unspecified atom stereocenters. The highest BCUT2D eigenvalue weighted by molar-refractivity contribution is 6.30. The molecule has 0 spiro atoms. The monoisotopic (exact) mass is 371 g/mol. The first-order valence-electron chi connectivity index (χ1n) is 8.91. The average Bonchev–Trinajstić information content (AvgIpc) is 2.67. The quantitative estimate of drug-likeness (QED) is 0.783. The molecule has 1 aliphatic carbocycles. The fourth-order valence-electron chi connectivity index (χ4n) is 4.42. The molecule has 0 N–H and O–H groups in total. The van der Waals surface area contributed by atoms with Crippen LogP contribution in [-0.2, 0) is 4.79 Å². The van der Waals surface area contributed by atoms with Gasteiger partial charge >= 0.3 is 0 Å². The van der Waals surface area contributed by atoms with Crippen molar-refractivity contribution in [3.63, 3.8) is 0 Å². The summed E-state index contributed by atoms with van der Waals surface area (Å²) in [6.07, 6.45) is 2.60. The molecule has 0 aromatic heterocycles. The Bertz CT molecular complexity index is 821. The first kappa shape index (κ1) is 17.2. The van der Waals surface area contributed by atoms with E-state index in [0.29, 0.717) is 28.7 Å². The zero-order chi connectivity index (χ0) is 18.3. The Labute approximate surface area is 158 Å². The number of fused-ring (bicyclic) bond motifs is 3. The summed E-state index contributed by atoms with van der Waals surface area (Å²) >= 11 is 6.07. The number of carbonyl (C=O) groups excluding carboxylic acids is 1. The lowest BCUT2D eigenvalue weighted by atomic mass is 9.71. The molecule has 136 valence electrons. The second-order valence-electron chi connectivity index (χ2n) is 6.95. The first-order chi connectivity index (χ1) is 12.6. The molecule has 2 saturated heterocycles. The SMILES string of the molecule is COc1ccc(N2[C@H]3CC[C@H](C(=O)C3)[C@H]2c2ccc(Cl)cc2)cc1OC. The number of hydrogen-bond donors (Lipinski definition) is 0. The number of nitrogens with zero attached hydrogens (tertiary/aromatic N) is 1. The zero-order valence-corrected chi connectivity index (χ0v) is 15.7. The van der Waals surface area contributed by atoms with Crippen LogP contribution < -0.4 is 14.4 Å². The van der Waals surface area contributed by atoms with Crippen molar-refractivity contribution < 1.29 is 14.3 Å². The highest BCUT2D eigenvalue weighted by atomic mass is 35.5. The molecule has 2 aliphatic heterocycles. The molecule has 0 amide bonds. The van der Waals surface area contributed by atoms with Gasteiger partial charge in [-0.1, -0.05) is 23.7 Å². The second kappa shape index (κ2) is 6.84. The molecule has 1 saturated carbocycles. The van der Waals surface area contributed by atoms with Crippen LogP contribution in [0.1, 0.15) is 30.9 Å². The van der Waals surface area contributed by atoms with Crippen LogP contribution in [0.2, 0.25) is 5.02 Å². The first-order valence-corrected chi connectivity index (χ1v) is 9.28. The van der Waals surface area contributed by atoms with E-state index in [2.05, 4.69) is 11.0 Å². The van der Waals surface area contributed by atoms with Crippen LogP contribution in [0.25, 0.3) is 0 Å². The molecule has 0 radical (unpaired) electrons. The minimum absolute atomic E-state index is 0.0225. The molecule has 5 rings (SSSR count). The summed E-state index contributed by atoms with van der Waals surface area (Å²) in [5.74, 6) is 1.80. The third kappa shape index (κ3) is 2.82. The Hall–Kier alpha value is -2.20. The molecule has 3 aliphatic rings. The van der Waals surface area contributed by atoms with Crippen molar-refractivity contribution in [2.45, 2.75) is 31.3 Å². The van der Waals surface area contributed by atoms with E-state index < -0.39 is 0 Å². The predicted molar refractivity (Wildman–Crippen MR) is 102 cm³/mol. The summed E-state index contributed by atoms with van der Waals surface area (Å²) in [4.78, 5) is 15.0. The number of halogens is 1. The largest absolute Gasteiger partial charge is 0.493 e. The highest BCUT2D eigenvalue weighted by Crippen LogP contribution is 2.49. The topological polar surface area (TPSA) is 38.8 Å². The van der Waals surface area contributed by atoms with Gasteiger partial charge in [0.2, 0.25) is 0 Å². The van der Waals surface area contributed by atoms with Gasteiger partial charge in [-0.3, -0.25) is 4.79 Å². The maximum atomic E-state index is 12.6. The summed E-state index contributed by atoms with van der Waals surface area (Å²) in [5, 5.41) is 0.707. The smallest absolute Gasteiger partial charge is 0.162 e. The van der Waals surface area contributed by atoms with Crippen LogP contribution in [0.4, 0.5) is 5.69 Å². The van der Waals surface area contributed by atoms with Crippen molar-refractivity contribution in [1.82, 2.24) is 0 Å². The van der Waals surface area contributed by atoms with Crippen LogP contribution in [0.5, 0.6) is 11.5 Å². The van der Waals surface area contributed by atoms with Gasteiger partial charge in [-0.05, 0) is 42.7 Å². The third-order valence-corrected chi connectivity index (χ3v) is 5.86. The summed E-state index contributed by atoms with van der Waals surface area (Å²) < 4.78 is 10.9. The fraction of sp³-hybridized carbons (Fsp3) is 0.381. The number of Topliss-reactive ketones (excluding diaryl/α,β-unsaturated/α-hetero) is 1. The minimum atomic E-state index is 0.0225. The predicted octanol–water partition coefficient (Wildman–Crippen LogP) is 4.66. The van der Waals surface area contributed by atoms with Gasteiger partial charge in [-0.2, -0.15) is 0 Å². The van der Waals surface area contributed by atoms with E-state index in [0.717, 1.165) is 24.1 Å². The number of rotatable bonds is 4. The van der Waals surface area contributed by atoms with Crippen molar-refractivity contribution in [1.29, 1.82) is 0 Å². The number of carbonyl (C=O) groups is 1. The fourth-order valence-corrected chi connectivity index (χ4v) is 4.55. The van der Waals surface area contributed by atoms with Gasteiger partial charge in [0.05, 0.1) is 20.3 Å². The van der Waals surface area contributed by atoms with Gasteiger partial charge in [-0.25, -0.2) is 0 Å². The number of methoxy groups -OCH3 is 2. The Balaban J connectivity index is 1.79. The number of piperidine rings is 2. The Morgan fingerprint density at radius 2 is 1.73 bits per heavy atom. The van der Waals surface area contributed by atoms with Crippen LogP contribution in [-0.4, -0.2) is 26.0 Å². The summed E-state index contributed by atoms with van der Waals surface area (Å²) in [5.41, 5.74) is 2.19. The number of ether oxygens (including phenoxy) is 2. The van der Waals surface area contributed by atoms with E-state index in [-0.39, 0.29) is 18.0 Å². The molecular formula is C21H22ClNO3. The Morgan fingerprint density at radius 1 is 1.00 bits per heavy atom. The summed E-state index contributed by atoms with van der Waals surface area (Å²) in [7, 11) is 3.28. The van der Waals surface area contributed by atoms with E-state index in [4.69, 9.17) is 21.1 Å². The van der Waals surface area contributed by atoms with E-state index in [1.807, 2.05) is 36.4 Å². The molecule has 26 heavy (non-hydrogen) atoms. The lowest BCUT2D eigenvalue weighted by Gasteiger charge is -2.52. The van der Waals surface area contributed by atoms with Crippen LogP contribution >= 0.6 is 11.6 Å². The van der Waals surface area contributed by atoms with Crippen molar-refractivity contribution in [2.24, 2.45) is 5.92 Å². The number of ketones is 1. The summed E-state index contributed by atoms with van der Waals surface area (Å²) in [6.45, 7) is 0. The molecule has 5 heteroatoms. The molecule has 2 aromatic rings. The van der Waals surface area contributed by atoms with Crippen LogP contribution in [0.15, 0.2) is 42.5 Å². The maximum Gasteiger partial charge on any atom is 0.162 e. The average molecular weight is 372 g/mol. The Kier molecular flexibility index (Phi) is 4.53. The van der Waals surface area contributed by atoms with Crippen molar-refractivity contribution in [2.75, 3.05) is 19.1 Å². The molecule has 2 heterocycles. The van der Waals surface area contributed by atoms with Gasteiger partial charge in [0.15, 0.2) is 11.5 Å². The summed E-state index contributed by atoms with van der Waals surface area (Å²) in [6, 6.07) is 14.1. The third-order valence-electron chi connectivity index (χ3n) is 5.61. The standard InChI is InChI=1S/C21H22ClNO3/c1-25-19-10-8-16(12-20(19)26-2)23-15-7-9-17(18(24)11-15)21(23)13-3-5-14(22)6-4-13/h3-6,8,10,12,15,17,21H,7,9,11H2,1-2H3/t15-,17+,21+/m0/s1. The number of anilines is 1. The van der Waals surface area contributed by atoms with Gasteiger partial charge in [0, 0.05) is 35.2 Å². The maximum absolute atomic E-state index is 12.6. The van der Waals surface area contributed by atoms with E-state index in [1.54, 1.807) is 14.2 Å². The normalized spacial score (nSPS) is 24.7. The molecule has 3 atom stereocenters. The van der Waals surface area contributed by atoms with Crippen LogP contribution in [0.3, 0.4) is 0 Å². The lowest BCUT2D eigenvalue weighted by molar-refractivity contribution is -0.128. The lowest BCUT2D eigenvalue weighted by Crippen LogP contribution is -2.54. The van der Waals surface area contributed by atoms with Crippen LogP contribution in [0, 0.1) is 5.92 Å². The molecule has 2 aromatic carbocycles. The van der Waals surface area contributed by atoms with Gasteiger partial charge in [0.25, 0.3) is 0 Å². The van der Waals surface area contributed by atoms with E-state index in [9.17, 15) is 4.79 Å². The van der Waals surface area contributed by atoms with Gasteiger partial charge < -0.3 is 14.4 Å². The Morgan fingerprint density at radius 3 is 2.38 bits per heavy atom. The van der Waals surface area contributed by atoms with E-state index >= 15 is 0 Å². The zero-order valence-electron chi connectivity index (χ0n) is 14.9. The molecule has 3 fully saturated rings. The van der Waals surface area contributed by atoms with Gasteiger partial charge in [-0.15, -0.1) is 0 Å². The number of hydrogen-bond acceptors (Lipinski definition) is 4. The second-order valence-corrected chi connectivity index (χ2v) is 7.39. The van der Waals surface area contributed by atoms with Crippen molar-refractivity contribution in [3.8, 4) is 11.5 Å². The van der Waals surface area contributed by atoms with Crippen molar-refractivity contribution in [3.05, 3.63) is 53.1 Å².